The monoisotopic (exact) mass is 358 g/mol. The molecule has 128 valence electrons. The number of aliphatic hydroxyl groups is 1. The normalized spacial score (nSPS) is 25.9. The molecule has 2 N–H and O–H groups in total. The molecule has 0 aromatic rings. The quantitative estimate of drug-likeness (QED) is 0.371. The molecule has 0 spiro atoms. The number of β-lactam (4-membered cyclic amide) rings is 1. The van der Waals surface area contributed by atoms with Gasteiger partial charge in [0.15, 0.2) is 0 Å². The third-order valence-electron chi connectivity index (χ3n) is 4.27. The molecule has 0 aromatic carbocycles. The number of aliphatic carboxylic acids is 1. The summed E-state index contributed by atoms with van der Waals surface area (Å²) in [6.07, 6.45) is 4.96. The number of nitrogens with zero attached hydrogens (tertiary/aromatic N) is 1. The van der Waals surface area contributed by atoms with Crippen LogP contribution >= 0.6 is 11.8 Å². The summed E-state index contributed by atoms with van der Waals surface area (Å²) < 4.78 is 0. The number of hydrogen-bond donors (Lipinski definition) is 2. The number of carboxylic acids is 1. The largest absolute Gasteiger partial charge is 0.477 e. The van der Waals surface area contributed by atoms with Crippen molar-refractivity contribution in [2.45, 2.75) is 31.9 Å². The lowest BCUT2D eigenvalue weighted by atomic mass is 9.83. The molecule has 1 amide bonds. The van der Waals surface area contributed by atoms with Crippen LogP contribution in [-0.4, -0.2) is 62.6 Å². The zero-order valence-electron chi connectivity index (χ0n) is 13.5. The fourth-order valence-electron chi connectivity index (χ4n) is 3.05. The van der Waals surface area contributed by atoms with Gasteiger partial charge >= 0.3 is 5.97 Å². The van der Waals surface area contributed by atoms with Gasteiger partial charge in [0.2, 0.25) is 5.91 Å². The van der Waals surface area contributed by atoms with Crippen LogP contribution in [-0.2, 0) is 20.5 Å². The summed E-state index contributed by atoms with van der Waals surface area (Å²) >= 11 is 1.55. The fourth-order valence-corrected chi connectivity index (χ4v) is 6.16. The number of carbonyl (C=O) groups excluding carboxylic acids is 1. The molecule has 2 rings (SSSR count). The standard InChI is InChI=1S/C16H23NO4S2/c1-4-5-7-23(3)8-6-22-12-9-11-13(10(2)18)15(19)17(11)14(12)16(20)21/h4,10-11,13,18H,1,5-9H2,2-3H3/p+1/t10-,11?,13?,23?/m1/s1. The Labute approximate surface area is 144 Å². The first-order valence-electron chi connectivity index (χ1n) is 7.68. The van der Waals surface area contributed by atoms with Crippen molar-refractivity contribution < 1.29 is 19.8 Å². The molecule has 2 heterocycles. The highest BCUT2D eigenvalue weighted by atomic mass is 32.2. The topological polar surface area (TPSA) is 77.8 Å². The van der Waals surface area contributed by atoms with Gasteiger partial charge in [0.1, 0.15) is 17.2 Å². The van der Waals surface area contributed by atoms with E-state index in [1.54, 1.807) is 18.7 Å². The molecule has 0 radical (unpaired) electrons. The van der Waals surface area contributed by atoms with Crippen LogP contribution in [0.2, 0.25) is 0 Å². The van der Waals surface area contributed by atoms with Crippen molar-refractivity contribution >= 4 is 34.5 Å². The van der Waals surface area contributed by atoms with E-state index in [2.05, 4.69) is 12.8 Å². The van der Waals surface area contributed by atoms with Gasteiger partial charge < -0.3 is 15.1 Å². The van der Waals surface area contributed by atoms with Crippen LogP contribution in [0, 0.1) is 5.92 Å². The zero-order chi connectivity index (χ0) is 17.1. The van der Waals surface area contributed by atoms with E-state index < -0.39 is 18.0 Å². The van der Waals surface area contributed by atoms with Gasteiger partial charge in [-0.05, 0) is 17.8 Å². The molecule has 23 heavy (non-hydrogen) atoms. The number of thioether (sulfide) groups is 1. The van der Waals surface area contributed by atoms with Crippen molar-refractivity contribution in [2.24, 2.45) is 5.92 Å². The van der Waals surface area contributed by atoms with E-state index in [9.17, 15) is 19.8 Å². The molecular weight excluding hydrogens is 334 g/mol. The summed E-state index contributed by atoms with van der Waals surface area (Å²) in [5, 5.41) is 19.1. The molecule has 0 bridgehead atoms. The lowest BCUT2D eigenvalue weighted by Gasteiger charge is -2.44. The van der Waals surface area contributed by atoms with Crippen LogP contribution in [0.3, 0.4) is 0 Å². The Balaban J connectivity index is 1.97. The van der Waals surface area contributed by atoms with Crippen LogP contribution in [0.15, 0.2) is 23.3 Å². The Morgan fingerprint density at radius 3 is 2.83 bits per heavy atom. The second-order valence-corrected chi connectivity index (χ2v) is 9.51. The van der Waals surface area contributed by atoms with E-state index in [4.69, 9.17) is 0 Å². The third kappa shape index (κ3) is 3.78. The van der Waals surface area contributed by atoms with E-state index >= 15 is 0 Å². The second kappa shape index (κ2) is 7.77. The zero-order valence-corrected chi connectivity index (χ0v) is 15.2. The SMILES string of the molecule is C=CCC[S+](C)CCSC1=C(C(=O)O)N2C(=O)C([C@@H](C)O)C2C1. The molecule has 2 aliphatic rings. The van der Waals surface area contributed by atoms with Crippen molar-refractivity contribution in [1.82, 2.24) is 4.90 Å². The molecule has 5 nitrogen and oxygen atoms in total. The number of carbonyl (C=O) groups is 2. The van der Waals surface area contributed by atoms with Crippen molar-refractivity contribution in [2.75, 3.05) is 23.5 Å². The van der Waals surface area contributed by atoms with Crippen LogP contribution in [0.25, 0.3) is 0 Å². The van der Waals surface area contributed by atoms with Gasteiger partial charge in [0.25, 0.3) is 0 Å². The average Bonchev–Trinajstić information content (AvgIpc) is 2.79. The maximum Gasteiger partial charge on any atom is 0.353 e. The van der Waals surface area contributed by atoms with E-state index in [0.717, 1.165) is 28.6 Å². The summed E-state index contributed by atoms with van der Waals surface area (Å²) in [4.78, 5) is 25.8. The Bertz CT molecular complexity index is 532. The Morgan fingerprint density at radius 1 is 1.57 bits per heavy atom. The predicted molar refractivity (Wildman–Crippen MR) is 95.4 cm³/mol. The number of carboxylic acid groups (broad SMARTS) is 1. The van der Waals surface area contributed by atoms with E-state index in [1.807, 2.05) is 6.08 Å². The Hall–Kier alpha value is -0.920. The first-order valence-corrected chi connectivity index (χ1v) is 10.6. The summed E-state index contributed by atoms with van der Waals surface area (Å²) in [7, 11) is 0.302. The molecular formula is C16H24NO4S2+. The highest BCUT2D eigenvalue weighted by molar-refractivity contribution is 8.04. The van der Waals surface area contributed by atoms with Crippen molar-refractivity contribution in [1.29, 1.82) is 0 Å². The molecule has 2 aliphatic heterocycles. The molecule has 0 aromatic heterocycles. The van der Waals surface area contributed by atoms with Crippen molar-refractivity contribution in [3.63, 3.8) is 0 Å². The highest BCUT2D eigenvalue weighted by Gasteiger charge is 2.56. The maximum atomic E-state index is 12.1. The fraction of sp³-hybridized carbons (Fsp3) is 0.625. The lowest BCUT2D eigenvalue weighted by molar-refractivity contribution is -0.161. The first kappa shape index (κ1) is 18.4. The summed E-state index contributed by atoms with van der Waals surface area (Å²) in [5.74, 6) is 1.24. The smallest absolute Gasteiger partial charge is 0.353 e. The van der Waals surface area contributed by atoms with Gasteiger partial charge in [-0.3, -0.25) is 4.79 Å². The average molecular weight is 359 g/mol. The molecule has 4 atom stereocenters. The van der Waals surface area contributed by atoms with E-state index in [0.29, 0.717) is 17.3 Å². The molecule has 1 saturated heterocycles. The molecule has 7 heteroatoms. The number of allylic oxidation sites excluding steroid dienone is 1. The third-order valence-corrected chi connectivity index (χ3v) is 7.48. The molecule has 3 unspecified atom stereocenters. The predicted octanol–water partition coefficient (Wildman–Crippen LogP) is 1.45. The Morgan fingerprint density at radius 2 is 2.26 bits per heavy atom. The first-order chi connectivity index (χ1) is 10.9. The van der Waals surface area contributed by atoms with E-state index in [-0.39, 0.29) is 17.6 Å². The van der Waals surface area contributed by atoms with E-state index in [1.165, 1.54) is 4.90 Å². The van der Waals surface area contributed by atoms with Gasteiger partial charge in [-0.15, -0.1) is 18.3 Å². The number of fused-ring (bicyclic) bond motifs is 1. The van der Waals surface area contributed by atoms with Crippen molar-refractivity contribution in [3.05, 3.63) is 23.3 Å². The second-order valence-electron chi connectivity index (χ2n) is 5.94. The Kier molecular flexibility index (Phi) is 6.22. The lowest BCUT2D eigenvalue weighted by Crippen LogP contribution is -2.61. The van der Waals surface area contributed by atoms with Gasteiger partial charge in [-0.25, -0.2) is 4.79 Å². The number of aliphatic hydroxyl groups excluding tert-OH is 1. The summed E-state index contributed by atoms with van der Waals surface area (Å²) in [6.45, 7) is 5.32. The number of amides is 1. The van der Waals surface area contributed by atoms with Gasteiger partial charge in [-0.2, -0.15) is 0 Å². The van der Waals surface area contributed by atoms with Crippen LogP contribution < -0.4 is 0 Å². The highest BCUT2D eigenvalue weighted by Crippen LogP contribution is 2.46. The number of rotatable bonds is 9. The van der Waals surface area contributed by atoms with Gasteiger partial charge in [-0.1, -0.05) is 6.08 Å². The molecule has 0 aliphatic carbocycles. The molecule has 0 saturated carbocycles. The van der Waals surface area contributed by atoms with Gasteiger partial charge in [0.05, 0.1) is 24.3 Å². The van der Waals surface area contributed by atoms with Crippen molar-refractivity contribution in [3.8, 4) is 0 Å². The molecule has 1 fully saturated rings. The van der Waals surface area contributed by atoms with Gasteiger partial charge in [0, 0.05) is 23.5 Å². The minimum Gasteiger partial charge on any atom is -0.477 e. The maximum absolute atomic E-state index is 12.1. The minimum atomic E-state index is -1.05. The summed E-state index contributed by atoms with van der Waals surface area (Å²) in [6, 6.07) is -0.184. The number of hydrogen-bond acceptors (Lipinski definition) is 4. The van der Waals surface area contributed by atoms with Crippen LogP contribution in [0.5, 0.6) is 0 Å². The summed E-state index contributed by atoms with van der Waals surface area (Å²) in [5.41, 5.74) is 0.129. The van der Waals surface area contributed by atoms with Crippen LogP contribution in [0.4, 0.5) is 0 Å². The van der Waals surface area contributed by atoms with Crippen LogP contribution in [0.1, 0.15) is 19.8 Å². The minimum absolute atomic E-state index is 0.129.